The summed E-state index contributed by atoms with van der Waals surface area (Å²) in [5.74, 6) is -0.629. The molecule has 0 aromatic heterocycles. The molecule has 0 fully saturated rings. The third-order valence-electron chi connectivity index (χ3n) is 3.35. The lowest BCUT2D eigenvalue weighted by Crippen LogP contribution is -2.37. The number of nitrogens with one attached hydrogen (secondary N) is 2. The quantitative estimate of drug-likeness (QED) is 0.755. The van der Waals surface area contributed by atoms with E-state index < -0.39 is 17.6 Å². The molecule has 1 unspecified atom stereocenters. The van der Waals surface area contributed by atoms with Crippen molar-refractivity contribution in [1.29, 1.82) is 0 Å². The molecule has 128 valence electrons. The molecule has 0 saturated heterocycles. The number of hydrogen-bond acceptors (Lipinski definition) is 2. The van der Waals surface area contributed by atoms with Crippen LogP contribution in [0.15, 0.2) is 24.3 Å². The monoisotopic (exact) mass is 330 g/mol. The number of halogens is 3. The summed E-state index contributed by atoms with van der Waals surface area (Å²) in [7, 11) is 0. The Balaban J connectivity index is 2.38. The molecule has 23 heavy (non-hydrogen) atoms. The van der Waals surface area contributed by atoms with Crippen LogP contribution < -0.4 is 10.6 Å². The molecule has 0 aliphatic carbocycles. The van der Waals surface area contributed by atoms with E-state index in [0.29, 0.717) is 0 Å². The lowest BCUT2D eigenvalue weighted by Gasteiger charge is -2.12. The van der Waals surface area contributed by atoms with Crippen LogP contribution >= 0.6 is 0 Å². The topological polar surface area (TPSA) is 58.2 Å². The summed E-state index contributed by atoms with van der Waals surface area (Å²) in [6, 6.07) is 3.98. The van der Waals surface area contributed by atoms with Crippen molar-refractivity contribution in [3.8, 4) is 0 Å². The molecule has 1 aromatic carbocycles. The number of carbonyl (C=O) groups is 2. The van der Waals surface area contributed by atoms with Crippen molar-refractivity contribution in [1.82, 2.24) is 10.6 Å². The highest BCUT2D eigenvalue weighted by Gasteiger charge is 2.30. The Morgan fingerprint density at radius 1 is 1.09 bits per heavy atom. The van der Waals surface area contributed by atoms with Crippen LogP contribution in [0, 0.1) is 5.92 Å². The largest absolute Gasteiger partial charge is 0.416 e. The first kappa shape index (κ1) is 19.0. The Morgan fingerprint density at radius 3 is 2.17 bits per heavy atom. The van der Waals surface area contributed by atoms with Gasteiger partial charge in [-0.15, -0.1) is 0 Å². The molecule has 0 aliphatic rings. The van der Waals surface area contributed by atoms with Crippen molar-refractivity contribution in [2.75, 3.05) is 13.1 Å². The third-order valence-corrected chi connectivity index (χ3v) is 3.35. The van der Waals surface area contributed by atoms with E-state index in [2.05, 4.69) is 10.6 Å². The highest BCUT2D eigenvalue weighted by Crippen LogP contribution is 2.28. The Labute approximate surface area is 133 Å². The van der Waals surface area contributed by atoms with E-state index in [1.165, 1.54) is 0 Å². The first-order valence-corrected chi connectivity index (χ1v) is 7.49. The number of benzene rings is 1. The van der Waals surface area contributed by atoms with E-state index in [4.69, 9.17) is 0 Å². The van der Waals surface area contributed by atoms with E-state index in [0.717, 1.165) is 37.1 Å². The second kappa shape index (κ2) is 8.55. The SMILES string of the molecule is CCCC(C)C(=O)NCCNC(=O)c1ccc(C(F)(F)F)cc1. The van der Waals surface area contributed by atoms with Crippen molar-refractivity contribution in [2.24, 2.45) is 5.92 Å². The molecule has 2 N–H and O–H groups in total. The van der Waals surface area contributed by atoms with Gasteiger partial charge in [-0.2, -0.15) is 13.2 Å². The second-order valence-corrected chi connectivity index (χ2v) is 5.31. The van der Waals surface area contributed by atoms with Crippen molar-refractivity contribution < 1.29 is 22.8 Å². The minimum Gasteiger partial charge on any atom is -0.354 e. The van der Waals surface area contributed by atoms with Crippen LogP contribution in [-0.2, 0) is 11.0 Å². The maximum absolute atomic E-state index is 12.4. The van der Waals surface area contributed by atoms with Gasteiger partial charge in [-0.25, -0.2) is 0 Å². The van der Waals surface area contributed by atoms with Gasteiger partial charge in [0, 0.05) is 24.6 Å². The van der Waals surface area contributed by atoms with Crippen molar-refractivity contribution in [2.45, 2.75) is 32.9 Å². The summed E-state index contributed by atoms with van der Waals surface area (Å²) in [5, 5.41) is 5.25. The van der Waals surface area contributed by atoms with Gasteiger partial charge in [0.2, 0.25) is 5.91 Å². The smallest absolute Gasteiger partial charge is 0.354 e. The van der Waals surface area contributed by atoms with Crippen molar-refractivity contribution in [3.05, 3.63) is 35.4 Å². The number of alkyl halides is 3. The van der Waals surface area contributed by atoms with Gasteiger partial charge >= 0.3 is 6.18 Å². The summed E-state index contributed by atoms with van der Waals surface area (Å²) in [4.78, 5) is 23.4. The number of hydrogen-bond donors (Lipinski definition) is 2. The minimum atomic E-state index is -4.42. The zero-order valence-corrected chi connectivity index (χ0v) is 13.2. The van der Waals surface area contributed by atoms with E-state index in [1.54, 1.807) is 0 Å². The Bertz CT molecular complexity index is 527. The fourth-order valence-corrected chi connectivity index (χ4v) is 2.01. The zero-order chi connectivity index (χ0) is 17.5. The van der Waals surface area contributed by atoms with Gasteiger partial charge in [0.25, 0.3) is 5.91 Å². The summed E-state index contributed by atoms with van der Waals surface area (Å²) in [6.07, 6.45) is -2.71. The molecule has 0 bridgehead atoms. The van der Waals surface area contributed by atoms with Crippen LogP contribution in [0.4, 0.5) is 13.2 Å². The highest BCUT2D eigenvalue weighted by molar-refractivity contribution is 5.94. The van der Waals surface area contributed by atoms with Crippen LogP contribution in [-0.4, -0.2) is 24.9 Å². The van der Waals surface area contributed by atoms with E-state index in [-0.39, 0.29) is 30.5 Å². The van der Waals surface area contributed by atoms with Crippen molar-refractivity contribution >= 4 is 11.8 Å². The van der Waals surface area contributed by atoms with Crippen LogP contribution in [0.3, 0.4) is 0 Å². The van der Waals surface area contributed by atoms with Crippen molar-refractivity contribution in [3.63, 3.8) is 0 Å². The average molecular weight is 330 g/mol. The fourth-order valence-electron chi connectivity index (χ4n) is 2.01. The first-order valence-electron chi connectivity index (χ1n) is 7.49. The molecule has 0 aliphatic heterocycles. The molecule has 1 atom stereocenters. The molecule has 1 aromatic rings. The molecular formula is C16H21F3N2O2. The predicted molar refractivity (Wildman–Crippen MR) is 80.9 cm³/mol. The number of amides is 2. The number of carbonyl (C=O) groups excluding carboxylic acids is 2. The molecule has 7 heteroatoms. The highest BCUT2D eigenvalue weighted by atomic mass is 19.4. The van der Waals surface area contributed by atoms with Gasteiger partial charge in [0.15, 0.2) is 0 Å². The van der Waals surface area contributed by atoms with Gasteiger partial charge in [0.05, 0.1) is 5.56 Å². The summed E-state index contributed by atoms with van der Waals surface area (Å²) in [6.45, 7) is 4.32. The van der Waals surface area contributed by atoms with E-state index in [1.807, 2.05) is 13.8 Å². The van der Waals surface area contributed by atoms with Gasteiger partial charge in [0.1, 0.15) is 0 Å². The molecule has 2 amide bonds. The summed E-state index contributed by atoms with van der Waals surface area (Å²) in [5.41, 5.74) is -0.657. The van der Waals surface area contributed by atoms with Gasteiger partial charge in [-0.3, -0.25) is 9.59 Å². The maximum Gasteiger partial charge on any atom is 0.416 e. The molecular weight excluding hydrogens is 309 g/mol. The average Bonchev–Trinajstić information content (AvgIpc) is 2.50. The standard InChI is InChI=1S/C16H21F3N2O2/c1-3-4-11(2)14(22)20-9-10-21-15(23)12-5-7-13(8-6-12)16(17,18)19/h5-8,11H,3-4,9-10H2,1-2H3,(H,20,22)(H,21,23). The summed E-state index contributed by atoms with van der Waals surface area (Å²) < 4.78 is 37.3. The Kier molecular flexibility index (Phi) is 7.06. The Hall–Kier alpha value is -2.05. The van der Waals surface area contributed by atoms with E-state index >= 15 is 0 Å². The van der Waals surface area contributed by atoms with Gasteiger partial charge < -0.3 is 10.6 Å². The molecule has 0 spiro atoms. The lowest BCUT2D eigenvalue weighted by atomic mass is 10.1. The van der Waals surface area contributed by atoms with E-state index in [9.17, 15) is 22.8 Å². The van der Waals surface area contributed by atoms with Gasteiger partial charge in [-0.1, -0.05) is 20.3 Å². The molecule has 0 saturated carbocycles. The van der Waals surface area contributed by atoms with Crippen LogP contribution in [0.1, 0.15) is 42.6 Å². The molecule has 0 heterocycles. The zero-order valence-electron chi connectivity index (χ0n) is 13.2. The lowest BCUT2D eigenvalue weighted by molar-refractivity contribution is -0.137. The molecule has 4 nitrogen and oxygen atoms in total. The van der Waals surface area contributed by atoms with Crippen LogP contribution in [0.5, 0.6) is 0 Å². The minimum absolute atomic E-state index is 0.0735. The van der Waals surface area contributed by atoms with Crippen LogP contribution in [0.2, 0.25) is 0 Å². The normalized spacial score (nSPS) is 12.6. The Morgan fingerprint density at radius 2 is 1.65 bits per heavy atom. The molecule has 1 rings (SSSR count). The summed E-state index contributed by atoms with van der Waals surface area (Å²) >= 11 is 0. The fraction of sp³-hybridized carbons (Fsp3) is 0.500. The third kappa shape index (κ3) is 6.30. The second-order valence-electron chi connectivity index (χ2n) is 5.31. The molecule has 0 radical (unpaired) electrons. The predicted octanol–water partition coefficient (Wildman–Crippen LogP) is 2.99. The van der Waals surface area contributed by atoms with Crippen LogP contribution in [0.25, 0.3) is 0 Å². The van der Waals surface area contributed by atoms with Gasteiger partial charge in [-0.05, 0) is 30.7 Å². The maximum atomic E-state index is 12.4. The first-order chi connectivity index (χ1) is 10.8. The number of rotatable bonds is 7.